The van der Waals surface area contributed by atoms with Gasteiger partial charge in [-0.3, -0.25) is 9.36 Å². The molecule has 162 valence electrons. The van der Waals surface area contributed by atoms with Crippen LogP contribution < -0.4 is 15.7 Å². The predicted octanol–water partition coefficient (Wildman–Crippen LogP) is 3.60. The van der Waals surface area contributed by atoms with E-state index in [0.29, 0.717) is 6.42 Å². The summed E-state index contributed by atoms with van der Waals surface area (Å²) in [6.45, 7) is 2.00. The number of methoxy groups -OCH3 is 1. The van der Waals surface area contributed by atoms with E-state index in [4.69, 9.17) is 9.53 Å². The Kier molecular flexibility index (Phi) is 11.2. The summed E-state index contributed by atoms with van der Waals surface area (Å²) in [6.07, 6.45) is 3.61. The maximum atomic E-state index is 11.2. The maximum absolute atomic E-state index is 11.2. The van der Waals surface area contributed by atoms with Gasteiger partial charge >= 0.3 is 5.69 Å². The molecule has 0 bridgehead atoms. The number of amides is 1. The second-order valence-electron chi connectivity index (χ2n) is 6.35. The van der Waals surface area contributed by atoms with Gasteiger partial charge in [0, 0.05) is 25.0 Å². The molecule has 0 saturated heterocycles. The number of nitrogens with one attached hydrogen (secondary N) is 2. The molecule has 8 heteroatoms. The minimum Gasteiger partial charge on any atom is -0.497 e. The number of aromatic amines is 1. The second kappa shape index (κ2) is 13.4. The van der Waals surface area contributed by atoms with Crippen molar-refractivity contribution in [1.29, 1.82) is 0 Å². The molecule has 0 spiro atoms. The number of para-hydroxylation sites is 1. The fourth-order valence-electron chi connectivity index (χ4n) is 2.79. The molecule has 3 aromatic rings. The van der Waals surface area contributed by atoms with E-state index >= 15 is 0 Å². The van der Waals surface area contributed by atoms with E-state index in [1.807, 2.05) is 37.1 Å². The molecule has 2 N–H and O–H groups in total. The Balaban J connectivity index is 0.000000285. The number of rotatable bonds is 6. The third-order valence-corrected chi connectivity index (χ3v) is 5.07. The zero-order valence-corrected chi connectivity index (χ0v) is 19.1. The summed E-state index contributed by atoms with van der Waals surface area (Å²) in [7, 11) is 5.08. The van der Waals surface area contributed by atoms with Gasteiger partial charge in [-0.05, 0) is 65.0 Å². The lowest BCUT2D eigenvalue weighted by Crippen LogP contribution is -2.16. The monoisotopic (exact) mass is 477 g/mol. The summed E-state index contributed by atoms with van der Waals surface area (Å²) in [6, 6.07) is 13.7. The van der Waals surface area contributed by atoms with E-state index in [-0.39, 0.29) is 11.6 Å². The highest BCUT2D eigenvalue weighted by Gasteiger charge is 2.04. The minimum absolute atomic E-state index is 0.0862. The number of carbonyl (C=O) groups is 2. The van der Waals surface area contributed by atoms with Crippen LogP contribution in [0.25, 0.3) is 11.0 Å². The molecule has 0 aliphatic carbocycles. The molecule has 3 rings (SSSR count). The summed E-state index contributed by atoms with van der Waals surface area (Å²) in [5.41, 5.74) is 2.97. The lowest BCUT2D eigenvalue weighted by Gasteiger charge is -2.03. The van der Waals surface area contributed by atoms with Crippen LogP contribution in [0.5, 0.6) is 5.75 Å². The van der Waals surface area contributed by atoms with Gasteiger partial charge in [-0.25, -0.2) is 4.79 Å². The molecular formula is C22H28BrN3O4. The van der Waals surface area contributed by atoms with Gasteiger partial charge in [0.15, 0.2) is 0 Å². The van der Waals surface area contributed by atoms with E-state index in [2.05, 4.69) is 38.4 Å². The largest absolute Gasteiger partial charge is 0.497 e. The van der Waals surface area contributed by atoms with Gasteiger partial charge in [-0.1, -0.05) is 18.2 Å². The van der Waals surface area contributed by atoms with Crippen LogP contribution in [0.2, 0.25) is 0 Å². The van der Waals surface area contributed by atoms with Gasteiger partial charge in [0.05, 0.1) is 18.1 Å². The third kappa shape index (κ3) is 7.51. The van der Waals surface area contributed by atoms with Gasteiger partial charge in [0.2, 0.25) is 5.91 Å². The fourth-order valence-corrected chi connectivity index (χ4v) is 3.42. The SMILES string of the molecule is C=O.CNC(=O)CCCCc1ccc(OC)cc1.Cn1c(=O)[nH]c2cccc(Br)c21. The molecular weight excluding hydrogens is 450 g/mol. The van der Waals surface area contributed by atoms with Crippen molar-refractivity contribution < 1.29 is 14.3 Å². The average molecular weight is 478 g/mol. The van der Waals surface area contributed by atoms with Crippen molar-refractivity contribution in [2.45, 2.75) is 25.7 Å². The number of benzene rings is 2. The van der Waals surface area contributed by atoms with Crippen molar-refractivity contribution >= 4 is 39.7 Å². The van der Waals surface area contributed by atoms with E-state index in [0.717, 1.165) is 40.5 Å². The predicted molar refractivity (Wildman–Crippen MR) is 123 cm³/mol. The van der Waals surface area contributed by atoms with Crippen LogP contribution in [-0.4, -0.2) is 36.4 Å². The number of hydrogen-bond donors (Lipinski definition) is 2. The summed E-state index contributed by atoms with van der Waals surface area (Å²) in [5, 5.41) is 2.62. The van der Waals surface area contributed by atoms with E-state index in [1.165, 1.54) is 5.56 Å². The van der Waals surface area contributed by atoms with Crippen LogP contribution in [-0.2, 0) is 23.1 Å². The minimum atomic E-state index is -0.0862. The highest BCUT2D eigenvalue weighted by Crippen LogP contribution is 2.20. The van der Waals surface area contributed by atoms with Gasteiger partial charge in [-0.2, -0.15) is 0 Å². The smallest absolute Gasteiger partial charge is 0.326 e. The lowest BCUT2D eigenvalue weighted by molar-refractivity contribution is -0.120. The first-order valence-electron chi connectivity index (χ1n) is 9.42. The molecule has 0 unspecified atom stereocenters. The van der Waals surface area contributed by atoms with Crippen LogP contribution in [0, 0.1) is 0 Å². The standard InChI is InChI=1S/C13H19NO2.C8H7BrN2O.CH2O/c1-14-13(15)6-4-3-5-11-7-9-12(16-2)10-8-11;1-11-7-5(9)3-2-4-6(7)10-8(11)12;1-2/h7-10H,3-6H2,1-2H3,(H,14,15);2-4H,1H3,(H,10,12);1H2. The Bertz CT molecular complexity index is 980. The molecule has 0 aliphatic heterocycles. The van der Waals surface area contributed by atoms with E-state index in [1.54, 1.807) is 25.8 Å². The topological polar surface area (TPSA) is 93.2 Å². The molecule has 1 amide bonds. The summed E-state index contributed by atoms with van der Waals surface area (Å²) in [5.74, 6) is 1.00. The number of ether oxygens (including phenoxy) is 1. The second-order valence-corrected chi connectivity index (χ2v) is 7.21. The first-order chi connectivity index (χ1) is 14.5. The number of H-pyrrole nitrogens is 1. The number of hydrogen-bond acceptors (Lipinski definition) is 4. The Morgan fingerprint density at radius 2 is 1.83 bits per heavy atom. The number of fused-ring (bicyclic) bond motifs is 1. The van der Waals surface area contributed by atoms with Gasteiger partial charge in [0.25, 0.3) is 0 Å². The van der Waals surface area contributed by atoms with E-state index in [9.17, 15) is 9.59 Å². The number of unbranched alkanes of at least 4 members (excludes halogenated alkanes) is 1. The highest BCUT2D eigenvalue weighted by molar-refractivity contribution is 9.10. The van der Waals surface area contributed by atoms with Crippen molar-refractivity contribution in [1.82, 2.24) is 14.9 Å². The molecule has 2 aromatic carbocycles. The van der Waals surface area contributed by atoms with Crippen molar-refractivity contribution in [2.24, 2.45) is 7.05 Å². The Morgan fingerprint density at radius 1 is 1.17 bits per heavy atom. The number of aryl methyl sites for hydroxylation is 2. The molecule has 0 saturated carbocycles. The zero-order valence-electron chi connectivity index (χ0n) is 17.5. The average Bonchev–Trinajstić information content (AvgIpc) is 3.08. The van der Waals surface area contributed by atoms with Gasteiger partial charge in [-0.15, -0.1) is 0 Å². The summed E-state index contributed by atoms with van der Waals surface area (Å²) in [4.78, 5) is 32.9. The van der Waals surface area contributed by atoms with Crippen molar-refractivity contribution in [3.05, 3.63) is 63.0 Å². The summed E-state index contributed by atoms with van der Waals surface area (Å²) >= 11 is 3.38. The zero-order chi connectivity index (χ0) is 22.5. The van der Waals surface area contributed by atoms with Crippen LogP contribution in [0.3, 0.4) is 0 Å². The molecule has 7 nitrogen and oxygen atoms in total. The van der Waals surface area contributed by atoms with Gasteiger partial charge < -0.3 is 19.8 Å². The molecule has 0 radical (unpaired) electrons. The quantitative estimate of drug-likeness (QED) is 0.530. The normalized spacial score (nSPS) is 9.73. The summed E-state index contributed by atoms with van der Waals surface area (Å²) < 4.78 is 7.60. The Morgan fingerprint density at radius 3 is 2.40 bits per heavy atom. The highest BCUT2D eigenvalue weighted by atomic mass is 79.9. The molecule has 0 aliphatic rings. The van der Waals surface area contributed by atoms with Crippen LogP contribution >= 0.6 is 15.9 Å². The molecule has 30 heavy (non-hydrogen) atoms. The van der Waals surface area contributed by atoms with E-state index < -0.39 is 0 Å². The lowest BCUT2D eigenvalue weighted by atomic mass is 10.1. The maximum Gasteiger partial charge on any atom is 0.326 e. The molecule has 1 heterocycles. The van der Waals surface area contributed by atoms with Crippen molar-refractivity contribution in [3.63, 3.8) is 0 Å². The first-order valence-corrected chi connectivity index (χ1v) is 10.2. The number of aromatic nitrogens is 2. The number of carbonyl (C=O) groups excluding carboxylic acids is 2. The van der Waals surface area contributed by atoms with Gasteiger partial charge in [0.1, 0.15) is 12.5 Å². The Hall–Kier alpha value is -2.87. The third-order valence-electron chi connectivity index (χ3n) is 4.43. The molecule has 0 fully saturated rings. The van der Waals surface area contributed by atoms with Crippen LogP contribution in [0.15, 0.2) is 51.7 Å². The van der Waals surface area contributed by atoms with Crippen molar-refractivity contribution in [3.8, 4) is 5.75 Å². The van der Waals surface area contributed by atoms with Crippen molar-refractivity contribution in [2.75, 3.05) is 14.2 Å². The fraction of sp³-hybridized carbons (Fsp3) is 0.318. The number of halogens is 1. The number of nitrogens with zero attached hydrogens (tertiary/aromatic N) is 1. The van der Waals surface area contributed by atoms with Crippen LogP contribution in [0.1, 0.15) is 24.8 Å². The Labute approximate surface area is 184 Å². The molecule has 1 aromatic heterocycles. The van der Waals surface area contributed by atoms with Crippen LogP contribution in [0.4, 0.5) is 0 Å². The molecule has 0 atom stereocenters. The first kappa shape index (κ1) is 25.2. The number of imidazole rings is 1.